The molecule has 0 aliphatic carbocycles. The molecule has 0 aliphatic rings. The SMILES string of the molecule is CCC(CO)Nc1cc(Cl)nc(-c2ccccc2)n1. The van der Waals surface area contributed by atoms with E-state index in [4.69, 9.17) is 11.6 Å². The number of benzene rings is 1. The molecule has 1 atom stereocenters. The van der Waals surface area contributed by atoms with E-state index in [9.17, 15) is 5.11 Å². The van der Waals surface area contributed by atoms with Gasteiger partial charge < -0.3 is 10.4 Å². The fraction of sp³-hybridized carbons (Fsp3) is 0.286. The maximum absolute atomic E-state index is 9.20. The van der Waals surface area contributed by atoms with E-state index in [2.05, 4.69) is 15.3 Å². The fourth-order valence-electron chi connectivity index (χ4n) is 1.69. The van der Waals surface area contributed by atoms with Crippen LogP contribution in [-0.4, -0.2) is 27.7 Å². The third kappa shape index (κ3) is 3.66. The summed E-state index contributed by atoms with van der Waals surface area (Å²) >= 11 is 6.02. The molecule has 1 unspecified atom stereocenters. The van der Waals surface area contributed by atoms with Gasteiger partial charge in [0.25, 0.3) is 0 Å². The van der Waals surface area contributed by atoms with E-state index in [1.807, 2.05) is 37.3 Å². The first kappa shape index (κ1) is 13.8. The van der Waals surface area contributed by atoms with Crippen molar-refractivity contribution in [3.8, 4) is 11.4 Å². The van der Waals surface area contributed by atoms with Crippen molar-refractivity contribution in [1.82, 2.24) is 9.97 Å². The van der Waals surface area contributed by atoms with Gasteiger partial charge in [0.05, 0.1) is 12.6 Å². The number of nitrogens with zero attached hydrogens (tertiary/aromatic N) is 2. The molecule has 100 valence electrons. The van der Waals surface area contributed by atoms with Gasteiger partial charge >= 0.3 is 0 Å². The lowest BCUT2D eigenvalue weighted by Gasteiger charge is -2.15. The molecule has 2 N–H and O–H groups in total. The number of anilines is 1. The Morgan fingerprint density at radius 3 is 2.63 bits per heavy atom. The van der Waals surface area contributed by atoms with Gasteiger partial charge in [-0.15, -0.1) is 0 Å². The molecule has 1 heterocycles. The molecule has 5 heteroatoms. The molecule has 0 bridgehead atoms. The summed E-state index contributed by atoms with van der Waals surface area (Å²) in [4.78, 5) is 8.64. The number of halogens is 1. The first-order valence-electron chi connectivity index (χ1n) is 6.20. The molecule has 2 rings (SSSR count). The van der Waals surface area contributed by atoms with Gasteiger partial charge in [-0.1, -0.05) is 48.9 Å². The highest BCUT2D eigenvalue weighted by atomic mass is 35.5. The minimum absolute atomic E-state index is 0.0328. The summed E-state index contributed by atoms with van der Waals surface area (Å²) in [5.41, 5.74) is 0.907. The third-order valence-corrected chi connectivity index (χ3v) is 2.99. The van der Waals surface area contributed by atoms with Crippen molar-refractivity contribution >= 4 is 17.4 Å². The van der Waals surface area contributed by atoms with Crippen LogP contribution in [0.2, 0.25) is 5.15 Å². The number of rotatable bonds is 5. The molecule has 19 heavy (non-hydrogen) atoms. The Morgan fingerprint density at radius 2 is 2.00 bits per heavy atom. The molecule has 0 spiro atoms. The Kier molecular flexibility index (Phi) is 4.71. The van der Waals surface area contributed by atoms with Gasteiger partial charge in [-0.05, 0) is 6.42 Å². The zero-order chi connectivity index (χ0) is 13.7. The highest BCUT2D eigenvalue weighted by molar-refractivity contribution is 6.29. The van der Waals surface area contributed by atoms with Crippen LogP contribution in [0.1, 0.15) is 13.3 Å². The molecule has 0 fully saturated rings. The molecule has 1 aromatic carbocycles. The molecular formula is C14H16ClN3O. The predicted molar refractivity (Wildman–Crippen MR) is 77.3 cm³/mol. The predicted octanol–water partition coefficient (Wildman–Crippen LogP) is 2.98. The van der Waals surface area contributed by atoms with Crippen LogP contribution in [0.4, 0.5) is 5.82 Å². The van der Waals surface area contributed by atoms with Crippen molar-refractivity contribution in [3.05, 3.63) is 41.6 Å². The van der Waals surface area contributed by atoms with Crippen LogP contribution in [0.15, 0.2) is 36.4 Å². The third-order valence-electron chi connectivity index (χ3n) is 2.79. The van der Waals surface area contributed by atoms with Crippen LogP contribution in [0.3, 0.4) is 0 Å². The Labute approximate surface area is 117 Å². The Bertz CT molecular complexity index is 529. The molecule has 0 saturated heterocycles. The van der Waals surface area contributed by atoms with Crippen LogP contribution in [0.25, 0.3) is 11.4 Å². The normalized spacial score (nSPS) is 12.2. The number of aromatic nitrogens is 2. The van der Waals surface area contributed by atoms with Gasteiger partial charge in [0, 0.05) is 11.6 Å². The standard InChI is InChI=1S/C14H16ClN3O/c1-2-11(9-19)16-13-8-12(15)17-14(18-13)10-6-4-3-5-7-10/h3-8,11,19H,2,9H2,1H3,(H,16,17,18). The molecule has 0 aliphatic heterocycles. The quantitative estimate of drug-likeness (QED) is 0.825. The van der Waals surface area contributed by atoms with Crippen molar-refractivity contribution in [2.24, 2.45) is 0 Å². The van der Waals surface area contributed by atoms with E-state index >= 15 is 0 Å². The largest absolute Gasteiger partial charge is 0.394 e. The molecule has 4 nitrogen and oxygen atoms in total. The minimum Gasteiger partial charge on any atom is -0.394 e. The van der Waals surface area contributed by atoms with Gasteiger partial charge in [0.2, 0.25) is 0 Å². The molecule has 0 amide bonds. The summed E-state index contributed by atoms with van der Waals surface area (Å²) < 4.78 is 0. The van der Waals surface area contributed by atoms with E-state index in [1.54, 1.807) is 6.07 Å². The summed E-state index contributed by atoms with van der Waals surface area (Å²) in [5.74, 6) is 1.20. The summed E-state index contributed by atoms with van der Waals surface area (Å²) in [6, 6.07) is 11.3. The Balaban J connectivity index is 2.30. The van der Waals surface area contributed by atoms with Crippen LogP contribution < -0.4 is 5.32 Å². The van der Waals surface area contributed by atoms with Crippen molar-refractivity contribution in [1.29, 1.82) is 0 Å². The number of aliphatic hydroxyl groups excluding tert-OH is 1. The lowest BCUT2D eigenvalue weighted by Crippen LogP contribution is -2.23. The Hall–Kier alpha value is -1.65. The van der Waals surface area contributed by atoms with E-state index in [1.165, 1.54) is 0 Å². The second-order valence-corrected chi connectivity index (χ2v) is 4.58. The van der Waals surface area contributed by atoms with E-state index < -0.39 is 0 Å². The highest BCUT2D eigenvalue weighted by Crippen LogP contribution is 2.20. The maximum Gasteiger partial charge on any atom is 0.163 e. The van der Waals surface area contributed by atoms with Crippen molar-refractivity contribution < 1.29 is 5.11 Å². The highest BCUT2D eigenvalue weighted by Gasteiger charge is 2.09. The second kappa shape index (κ2) is 6.50. The number of hydrogen-bond donors (Lipinski definition) is 2. The smallest absolute Gasteiger partial charge is 0.163 e. The molecule has 1 aromatic heterocycles. The van der Waals surface area contributed by atoms with Crippen LogP contribution in [0.5, 0.6) is 0 Å². The van der Waals surface area contributed by atoms with Gasteiger partial charge in [-0.3, -0.25) is 0 Å². The summed E-state index contributed by atoms with van der Waals surface area (Å²) in [7, 11) is 0. The lowest BCUT2D eigenvalue weighted by atomic mass is 10.2. The van der Waals surface area contributed by atoms with Crippen molar-refractivity contribution in [2.75, 3.05) is 11.9 Å². The molecule has 2 aromatic rings. The average Bonchev–Trinajstić information content (AvgIpc) is 2.45. The molecule has 0 radical (unpaired) electrons. The van der Waals surface area contributed by atoms with Crippen LogP contribution in [-0.2, 0) is 0 Å². The number of aliphatic hydroxyl groups is 1. The van der Waals surface area contributed by atoms with Crippen LogP contribution in [0, 0.1) is 0 Å². The summed E-state index contributed by atoms with van der Waals surface area (Å²) in [6.07, 6.45) is 0.804. The van der Waals surface area contributed by atoms with Gasteiger partial charge in [0.15, 0.2) is 5.82 Å². The number of hydrogen-bond acceptors (Lipinski definition) is 4. The van der Waals surface area contributed by atoms with Gasteiger partial charge in [0.1, 0.15) is 11.0 Å². The van der Waals surface area contributed by atoms with Crippen LogP contribution >= 0.6 is 11.6 Å². The summed E-state index contributed by atoms with van der Waals surface area (Å²) in [6.45, 7) is 2.05. The van der Waals surface area contributed by atoms with Crippen molar-refractivity contribution in [3.63, 3.8) is 0 Å². The summed E-state index contributed by atoms with van der Waals surface area (Å²) in [5, 5.41) is 12.7. The number of nitrogens with one attached hydrogen (secondary N) is 1. The first-order chi connectivity index (χ1) is 9.22. The maximum atomic E-state index is 9.20. The molecular weight excluding hydrogens is 262 g/mol. The Morgan fingerprint density at radius 1 is 1.26 bits per heavy atom. The monoisotopic (exact) mass is 277 g/mol. The zero-order valence-electron chi connectivity index (χ0n) is 10.7. The minimum atomic E-state index is -0.0328. The average molecular weight is 278 g/mol. The zero-order valence-corrected chi connectivity index (χ0v) is 11.4. The van der Waals surface area contributed by atoms with Crippen molar-refractivity contribution in [2.45, 2.75) is 19.4 Å². The van der Waals surface area contributed by atoms with Gasteiger partial charge in [-0.2, -0.15) is 0 Å². The second-order valence-electron chi connectivity index (χ2n) is 4.20. The van der Waals surface area contributed by atoms with Gasteiger partial charge in [-0.25, -0.2) is 9.97 Å². The lowest BCUT2D eigenvalue weighted by molar-refractivity contribution is 0.271. The van der Waals surface area contributed by atoms with E-state index in [0.717, 1.165) is 12.0 Å². The first-order valence-corrected chi connectivity index (χ1v) is 6.58. The van der Waals surface area contributed by atoms with E-state index in [0.29, 0.717) is 16.8 Å². The fourth-order valence-corrected chi connectivity index (χ4v) is 1.88. The van der Waals surface area contributed by atoms with E-state index in [-0.39, 0.29) is 12.6 Å². The topological polar surface area (TPSA) is 58.0 Å². The molecule has 0 saturated carbocycles.